The summed E-state index contributed by atoms with van der Waals surface area (Å²) in [6.07, 6.45) is 3.99. The molecule has 2 aliphatic rings. The first-order chi connectivity index (χ1) is 8.60. The Morgan fingerprint density at radius 3 is 2.83 bits per heavy atom. The van der Waals surface area contributed by atoms with E-state index in [1.807, 2.05) is 6.92 Å². The van der Waals surface area contributed by atoms with Crippen molar-refractivity contribution >= 4 is 5.91 Å². The topological polar surface area (TPSA) is 73.6 Å². The van der Waals surface area contributed by atoms with Gasteiger partial charge in [-0.15, -0.1) is 0 Å². The number of amides is 1. The molecule has 1 amide bonds. The van der Waals surface area contributed by atoms with E-state index in [4.69, 9.17) is 15.2 Å². The van der Waals surface area contributed by atoms with Crippen molar-refractivity contribution in [2.75, 3.05) is 26.4 Å². The molecule has 3 N–H and O–H groups in total. The van der Waals surface area contributed by atoms with E-state index in [0.717, 1.165) is 39.1 Å². The van der Waals surface area contributed by atoms with Crippen LogP contribution in [0.15, 0.2) is 0 Å². The third-order valence-electron chi connectivity index (χ3n) is 3.77. The molecule has 1 aliphatic carbocycles. The van der Waals surface area contributed by atoms with Gasteiger partial charge >= 0.3 is 0 Å². The Kier molecular flexibility index (Phi) is 4.59. The number of primary amides is 1. The number of ether oxygens (including phenoxy) is 2. The standard InChI is InChI=1S/C13H24N2O3/c1-13(12(14)16,15-11-2-3-11)5-7-18-9-10-4-6-17-8-10/h10-11,15H,2-9H2,1H3,(H2,14,16). The monoisotopic (exact) mass is 256 g/mol. The van der Waals surface area contributed by atoms with Crippen molar-refractivity contribution in [3.8, 4) is 0 Å². The van der Waals surface area contributed by atoms with Crippen molar-refractivity contribution in [1.82, 2.24) is 5.32 Å². The average molecular weight is 256 g/mol. The Bertz CT molecular complexity index is 288. The minimum Gasteiger partial charge on any atom is -0.381 e. The Balaban J connectivity index is 1.66. The maximum Gasteiger partial charge on any atom is 0.237 e. The van der Waals surface area contributed by atoms with E-state index in [0.29, 0.717) is 25.0 Å². The van der Waals surface area contributed by atoms with Gasteiger partial charge in [0.25, 0.3) is 0 Å². The lowest BCUT2D eigenvalue weighted by atomic mass is 9.97. The Hall–Kier alpha value is -0.650. The highest BCUT2D eigenvalue weighted by molar-refractivity contribution is 5.84. The maximum atomic E-state index is 11.5. The lowest BCUT2D eigenvalue weighted by Crippen LogP contribution is -2.54. The summed E-state index contributed by atoms with van der Waals surface area (Å²) >= 11 is 0. The first kappa shape index (κ1) is 13.8. The summed E-state index contributed by atoms with van der Waals surface area (Å²) in [4.78, 5) is 11.5. The van der Waals surface area contributed by atoms with E-state index in [1.165, 1.54) is 0 Å². The van der Waals surface area contributed by atoms with Crippen molar-refractivity contribution in [2.24, 2.45) is 11.7 Å². The molecule has 1 heterocycles. The Morgan fingerprint density at radius 1 is 1.50 bits per heavy atom. The fraction of sp³-hybridized carbons (Fsp3) is 0.923. The summed E-state index contributed by atoms with van der Waals surface area (Å²) in [7, 11) is 0. The number of hydrogen-bond donors (Lipinski definition) is 2. The number of rotatable bonds is 8. The van der Waals surface area contributed by atoms with Crippen LogP contribution in [-0.2, 0) is 14.3 Å². The van der Waals surface area contributed by atoms with Gasteiger partial charge in [-0.3, -0.25) is 4.79 Å². The molecule has 0 aromatic carbocycles. The highest BCUT2D eigenvalue weighted by Crippen LogP contribution is 2.24. The molecule has 0 aromatic heterocycles. The number of nitrogens with one attached hydrogen (secondary N) is 1. The minimum atomic E-state index is -0.632. The van der Waals surface area contributed by atoms with E-state index in [9.17, 15) is 4.79 Å². The molecule has 0 bridgehead atoms. The van der Waals surface area contributed by atoms with E-state index in [-0.39, 0.29) is 5.91 Å². The van der Waals surface area contributed by atoms with Gasteiger partial charge in [-0.1, -0.05) is 0 Å². The van der Waals surface area contributed by atoms with Crippen LogP contribution in [0.5, 0.6) is 0 Å². The van der Waals surface area contributed by atoms with Crippen LogP contribution in [0.1, 0.15) is 32.6 Å². The molecule has 5 nitrogen and oxygen atoms in total. The maximum absolute atomic E-state index is 11.5. The SMILES string of the molecule is CC(CCOCC1CCOC1)(NC1CC1)C(N)=O. The zero-order valence-electron chi connectivity index (χ0n) is 11.1. The number of carbonyl (C=O) groups excluding carboxylic acids is 1. The molecular formula is C13H24N2O3. The Labute approximate surface area is 108 Å². The lowest BCUT2D eigenvalue weighted by molar-refractivity contribution is -0.124. The minimum absolute atomic E-state index is 0.290. The summed E-state index contributed by atoms with van der Waals surface area (Å²) in [6, 6.07) is 0.464. The average Bonchev–Trinajstić information content (AvgIpc) is 2.97. The lowest BCUT2D eigenvalue weighted by Gasteiger charge is -2.27. The first-order valence-corrected chi connectivity index (χ1v) is 6.83. The van der Waals surface area contributed by atoms with E-state index in [1.54, 1.807) is 0 Å². The van der Waals surface area contributed by atoms with Gasteiger partial charge in [-0.2, -0.15) is 0 Å². The largest absolute Gasteiger partial charge is 0.381 e. The van der Waals surface area contributed by atoms with Gasteiger partial charge in [0.1, 0.15) is 0 Å². The van der Waals surface area contributed by atoms with E-state index in [2.05, 4.69) is 5.32 Å². The van der Waals surface area contributed by atoms with E-state index >= 15 is 0 Å². The second kappa shape index (κ2) is 5.99. The molecule has 18 heavy (non-hydrogen) atoms. The molecule has 2 rings (SSSR count). The van der Waals surface area contributed by atoms with Gasteiger partial charge in [0, 0.05) is 25.2 Å². The van der Waals surface area contributed by atoms with Gasteiger partial charge in [0.05, 0.1) is 18.8 Å². The molecule has 2 unspecified atom stereocenters. The number of carbonyl (C=O) groups is 1. The quantitative estimate of drug-likeness (QED) is 0.618. The molecule has 104 valence electrons. The van der Waals surface area contributed by atoms with Gasteiger partial charge < -0.3 is 20.5 Å². The van der Waals surface area contributed by atoms with Gasteiger partial charge in [-0.05, 0) is 32.6 Å². The van der Waals surface area contributed by atoms with Crippen molar-refractivity contribution in [2.45, 2.75) is 44.2 Å². The van der Waals surface area contributed by atoms with Gasteiger partial charge in [-0.25, -0.2) is 0 Å². The zero-order chi connectivity index (χ0) is 13.0. The van der Waals surface area contributed by atoms with Crippen LogP contribution >= 0.6 is 0 Å². The fourth-order valence-electron chi connectivity index (χ4n) is 2.19. The normalized spacial score (nSPS) is 27.1. The summed E-state index contributed by atoms with van der Waals surface area (Å²) < 4.78 is 10.9. The van der Waals surface area contributed by atoms with Gasteiger partial charge in [0.2, 0.25) is 5.91 Å². The van der Waals surface area contributed by atoms with Crippen LogP contribution in [0.3, 0.4) is 0 Å². The van der Waals surface area contributed by atoms with Gasteiger partial charge in [0.15, 0.2) is 0 Å². The van der Waals surface area contributed by atoms with Crippen LogP contribution < -0.4 is 11.1 Å². The fourth-order valence-corrected chi connectivity index (χ4v) is 2.19. The number of hydrogen-bond acceptors (Lipinski definition) is 4. The van der Waals surface area contributed by atoms with Crippen LogP contribution in [0.2, 0.25) is 0 Å². The second-order valence-electron chi connectivity index (χ2n) is 5.67. The van der Waals surface area contributed by atoms with Crippen molar-refractivity contribution < 1.29 is 14.3 Å². The smallest absolute Gasteiger partial charge is 0.237 e. The third-order valence-corrected chi connectivity index (χ3v) is 3.77. The predicted octanol–water partition coefficient (Wildman–Crippen LogP) is 0.426. The molecule has 1 saturated heterocycles. The summed E-state index contributed by atoms with van der Waals surface area (Å²) in [5, 5.41) is 3.32. The Morgan fingerprint density at radius 2 is 2.28 bits per heavy atom. The molecule has 0 radical (unpaired) electrons. The highest BCUT2D eigenvalue weighted by atomic mass is 16.5. The molecule has 1 aliphatic heterocycles. The summed E-state index contributed by atoms with van der Waals surface area (Å²) in [6.45, 7) is 4.80. The molecule has 0 aromatic rings. The molecule has 0 spiro atoms. The molecule has 5 heteroatoms. The number of nitrogens with two attached hydrogens (primary N) is 1. The van der Waals surface area contributed by atoms with Crippen LogP contribution in [0.25, 0.3) is 0 Å². The zero-order valence-corrected chi connectivity index (χ0v) is 11.1. The van der Waals surface area contributed by atoms with Crippen molar-refractivity contribution in [3.05, 3.63) is 0 Å². The molecule has 2 atom stereocenters. The van der Waals surface area contributed by atoms with Crippen LogP contribution in [0, 0.1) is 5.92 Å². The third kappa shape index (κ3) is 3.93. The summed E-state index contributed by atoms with van der Waals surface area (Å²) in [5.41, 5.74) is 4.84. The highest BCUT2D eigenvalue weighted by Gasteiger charge is 2.36. The van der Waals surface area contributed by atoms with Crippen LogP contribution in [0.4, 0.5) is 0 Å². The first-order valence-electron chi connectivity index (χ1n) is 6.83. The second-order valence-corrected chi connectivity index (χ2v) is 5.67. The van der Waals surface area contributed by atoms with Crippen LogP contribution in [-0.4, -0.2) is 43.9 Å². The molecule has 2 fully saturated rings. The van der Waals surface area contributed by atoms with E-state index < -0.39 is 5.54 Å². The summed E-state index contributed by atoms with van der Waals surface area (Å²) in [5.74, 6) is 0.225. The molecule has 1 saturated carbocycles. The predicted molar refractivity (Wildman–Crippen MR) is 68.1 cm³/mol. The molecular weight excluding hydrogens is 232 g/mol. The van der Waals surface area contributed by atoms with Crippen molar-refractivity contribution in [1.29, 1.82) is 0 Å². The van der Waals surface area contributed by atoms with Crippen molar-refractivity contribution in [3.63, 3.8) is 0 Å².